The van der Waals surface area contributed by atoms with E-state index in [4.69, 9.17) is 4.74 Å². The van der Waals surface area contributed by atoms with Crippen LogP contribution < -0.4 is 5.32 Å². The molecule has 2 amide bonds. The van der Waals surface area contributed by atoms with Crippen LogP contribution in [0.4, 0.5) is 0 Å². The van der Waals surface area contributed by atoms with Gasteiger partial charge < -0.3 is 4.74 Å². The Morgan fingerprint density at radius 2 is 1.61 bits per heavy atom. The van der Waals surface area contributed by atoms with Crippen molar-refractivity contribution in [3.05, 3.63) is 0 Å². The SMILES string of the molecule is CCOC(=O)CN1C(=O)C(C)(C)NC(C)(C)C1=O. The van der Waals surface area contributed by atoms with E-state index < -0.39 is 28.9 Å². The first kappa shape index (κ1) is 14.6. The molecule has 1 aliphatic rings. The van der Waals surface area contributed by atoms with Gasteiger partial charge in [-0.1, -0.05) is 0 Å². The van der Waals surface area contributed by atoms with Gasteiger partial charge in [0.05, 0.1) is 17.7 Å². The Bertz CT molecular complexity index is 362. The fourth-order valence-corrected chi connectivity index (χ4v) is 2.13. The van der Waals surface area contributed by atoms with Gasteiger partial charge in [-0.3, -0.25) is 24.6 Å². The fraction of sp³-hybridized carbons (Fsp3) is 0.750. The number of ether oxygens (including phenoxy) is 1. The largest absolute Gasteiger partial charge is 0.465 e. The van der Waals surface area contributed by atoms with E-state index in [1.165, 1.54) is 0 Å². The molecule has 0 saturated carbocycles. The van der Waals surface area contributed by atoms with E-state index in [0.29, 0.717) is 0 Å². The van der Waals surface area contributed by atoms with Gasteiger partial charge in [0.1, 0.15) is 6.54 Å². The van der Waals surface area contributed by atoms with Crippen molar-refractivity contribution < 1.29 is 19.1 Å². The third-order valence-electron chi connectivity index (χ3n) is 2.78. The zero-order valence-corrected chi connectivity index (χ0v) is 11.5. The number of carbonyl (C=O) groups is 3. The highest BCUT2D eigenvalue weighted by atomic mass is 16.5. The summed E-state index contributed by atoms with van der Waals surface area (Å²) in [7, 11) is 0. The molecule has 18 heavy (non-hydrogen) atoms. The van der Waals surface area contributed by atoms with Gasteiger partial charge in [-0.15, -0.1) is 0 Å². The maximum Gasteiger partial charge on any atom is 0.326 e. The lowest BCUT2D eigenvalue weighted by molar-refractivity contribution is -0.165. The van der Waals surface area contributed by atoms with E-state index in [0.717, 1.165) is 4.90 Å². The van der Waals surface area contributed by atoms with E-state index in [-0.39, 0.29) is 13.2 Å². The average Bonchev–Trinajstić information content (AvgIpc) is 2.21. The molecule has 1 fully saturated rings. The minimum Gasteiger partial charge on any atom is -0.465 e. The molecule has 0 unspecified atom stereocenters. The van der Waals surface area contributed by atoms with E-state index in [2.05, 4.69) is 5.32 Å². The van der Waals surface area contributed by atoms with Crippen molar-refractivity contribution in [3.8, 4) is 0 Å². The van der Waals surface area contributed by atoms with Crippen LogP contribution in [0.2, 0.25) is 0 Å². The zero-order chi connectivity index (χ0) is 14.1. The first-order chi connectivity index (χ1) is 8.12. The summed E-state index contributed by atoms with van der Waals surface area (Å²) in [5.74, 6) is -1.41. The summed E-state index contributed by atoms with van der Waals surface area (Å²) in [5.41, 5.74) is -1.77. The number of amides is 2. The average molecular weight is 256 g/mol. The molecule has 1 saturated heterocycles. The number of esters is 1. The molecule has 6 nitrogen and oxygen atoms in total. The first-order valence-corrected chi connectivity index (χ1v) is 5.93. The maximum atomic E-state index is 12.1. The number of nitrogens with zero attached hydrogens (tertiary/aromatic N) is 1. The second kappa shape index (κ2) is 4.68. The van der Waals surface area contributed by atoms with Gasteiger partial charge in [0.15, 0.2) is 0 Å². The number of hydrogen-bond donors (Lipinski definition) is 1. The minimum atomic E-state index is -0.885. The van der Waals surface area contributed by atoms with Crippen molar-refractivity contribution in [2.75, 3.05) is 13.2 Å². The molecule has 6 heteroatoms. The van der Waals surface area contributed by atoms with Crippen molar-refractivity contribution >= 4 is 17.8 Å². The van der Waals surface area contributed by atoms with Crippen molar-refractivity contribution in [1.82, 2.24) is 10.2 Å². The van der Waals surface area contributed by atoms with E-state index in [1.54, 1.807) is 34.6 Å². The van der Waals surface area contributed by atoms with Crippen LogP contribution in [0.25, 0.3) is 0 Å². The molecule has 0 atom stereocenters. The summed E-state index contributed by atoms with van der Waals surface area (Å²) >= 11 is 0. The van der Waals surface area contributed by atoms with E-state index >= 15 is 0 Å². The molecule has 0 aromatic carbocycles. The molecule has 0 aromatic rings. The third-order valence-corrected chi connectivity index (χ3v) is 2.78. The second-order valence-electron chi connectivity index (χ2n) is 5.38. The van der Waals surface area contributed by atoms with Crippen molar-refractivity contribution in [3.63, 3.8) is 0 Å². The smallest absolute Gasteiger partial charge is 0.326 e. The minimum absolute atomic E-state index is 0.222. The summed E-state index contributed by atoms with van der Waals surface area (Å²) in [4.78, 5) is 36.6. The van der Waals surface area contributed by atoms with Crippen LogP contribution in [0.15, 0.2) is 0 Å². The van der Waals surface area contributed by atoms with E-state index in [9.17, 15) is 14.4 Å². The Balaban J connectivity index is 2.96. The van der Waals surface area contributed by atoms with E-state index in [1.807, 2.05) is 0 Å². The lowest BCUT2D eigenvalue weighted by atomic mass is 9.90. The molecule has 0 radical (unpaired) electrons. The Kier molecular flexibility index (Phi) is 3.81. The third kappa shape index (κ3) is 2.69. The lowest BCUT2D eigenvalue weighted by Gasteiger charge is -2.44. The zero-order valence-electron chi connectivity index (χ0n) is 11.5. The summed E-state index contributed by atoms with van der Waals surface area (Å²) in [6.45, 7) is 8.29. The number of carbonyl (C=O) groups excluding carboxylic acids is 3. The molecule has 0 aliphatic carbocycles. The predicted molar refractivity (Wildman–Crippen MR) is 64.6 cm³/mol. The number of hydrogen-bond acceptors (Lipinski definition) is 5. The molecular formula is C12H20N2O4. The monoisotopic (exact) mass is 256 g/mol. The van der Waals surface area contributed by atoms with Crippen LogP contribution >= 0.6 is 0 Å². The molecular weight excluding hydrogens is 236 g/mol. The normalized spacial score (nSPS) is 21.9. The van der Waals surface area contributed by atoms with Crippen LogP contribution in [0, 0.1) is 0 Å². The highest BCUT2D eigenvalue weighted by molar-refractivity contribution is 6.07. The van der Waals surface area contributed by atoms with Crippen molar-refractivity contribution in [2.24, 2.45) is 0 Å². The fourth-order valence-electron chi connectivity index (χ4n) is 2.13. The molecule has 1 heterocycles. The predicted octanol–water partition coefficient (Wildman–Crippen LogP) is 0.0651. The second-order valence-corrected chi connectivity index (χ2v) is 5.38. The number of rotatable bonds is 3. The molecule has 1 N–H and O–H groups in total. The Morgan fingerprint density at radius 3 is 2.00 bits per heavy atom. The van der Waals surface area contributed by atoms with Gasteiger partial charge in [0.2, 0.25) is 11.8 Å². The number of nitrogens with one attached hydrogen (secondary N) is 1. The van der Waals surface area contributed by atoms with Crippen LogP contribution in [-0.4, -0.2) is 46.9 Å². The van der Waals surface area contributed by atoms with Gasteiger partial charge in [-0.25, -0.2) is 0 Å². The lowest BCUT2D eigenvalue weighted by Crippen LogP contribution is -2.72. The van der Waals surface area contributed by atoms with Crippen LogP contribution in [0.3, 0.4) is 0 Å². The molecule has 1 rings (SSSR count). The molecule has 1 aliphatic heterocycles. The summed E-state index contributed by atoms with van der Waals surface area (Å²) in [6.07, 6.45) is 0. The van der Waals surface area contributed by atoms with Crippen molar-refractivity contribution in [1.29, 1.82) is 0 Å². The summed E-state index contributed by atoms with van der Waals surface area (Å²) in [6, 6.07) is 0. The van der Waals surface area contributed by atoms with Gasteiger partial charge >= 0.3 is 5.97 Å². The number of piperazine rings is 1. The summed E-state index contributed by atoms with van der Waals surface area (Å²) < 4.78 is 4.77. The van der Waals surface area contributed by atoms with Gasteiger partial charge in [-0.2, -0.15) is 0 Å². The molecule has 102 valence electrons. The molecule has 0 spiro atoms. The molecule has 0 bridgehead atoms. The van der Waals surface area contributed by atoms with Crippen LogP contribution in [0.5, 0.6) is 0 Å². The first-order valence-electron chi connectivity index (χ1n) is 5.93. The standard InChI is InChI=1S/C12H20N2O4/c1-6-18-8(15)7-14-9(16)11(2,3)13-12(4,5)10(14)17/h13H,6-7H2,1-5H3. The highest BCUT2D eigenvalue weighted by Crippen LogP contribution is 2.23. The van der Waals surface area contributed by atoms with Crippen LogP contribution in [0.1, 0.15) is 34.6 Å². The Hall–Kier alpha value is -1.43. The summed E-state index contributed by atoms with van der Waals surface area (Å²) in [5, 5.41) is 2.97. The highest BCUT2D eigenvalue weighted by Gasteiger charge is 2.50. The quantitative estimate of drug-likeness (QED) is 0.571. The Morgan fingerprint density at radius 1 is 1.17 bits per heavy atom. The van der Waals surface area contributed by atoms with Crippen molar-refractivity contribution in [2.45, 2.75) is 45.7 Å². The van der Waals surface area contributed by atoms with Gasteiger partial charge in [-0.05, 0) is 34.6 Å². The van der Waals surface area contributed by atoms with Gasteiger partial charge in [0, 0.05) is 0 Å². The topological polar surface area (TPSA) is 75.7 Å². The molecule has 0 aromatic heterocycles. The maximum absolute atomic E-state index is 12.1. The van der Waals surface area contributed by atoms with Crippen LogP contribution in [-0.2, 0) is 19.1 Å². The number of imide groups is 1. The van der Waals surface area contributed by atoms with Gasteiger partial charge in [0.25, 0.3) is 0 Å². The Labute approximate surface area is 107 Å².